The van der Waals surface area contributed by atoms with E-state index in [2.05, 4.69) is 230 Å². The van der Waals surface area contributed by atoms with E-state index >= 15 is 0 Å². The van der Waals surface area contributed by atoms with E-state index in [1.54, 1.807) is 0 Å². The van der Waals surface area contributed by atoms with Crippen molar-refractivity contribution in [2.45, 2.75) is 12.3 Å². The van der Waals surface area contributed by atoms with E-state index < -0.39 is 0 Å². The van der Waals surface area contributed by atoms with Crippen LogP contribution in [0.5, 0.6) is 0 Å². The zero-order valence-electron chi connectivity index (χ0n) is 32.1. The molecule has 9 aromatic carbocycles. The maximum absolute atomic E-state index is 7.02. The lowest BCUT2D eigenvalue weighted by atomic mass is 9.74. The molecule has 11 rings (SSSR count). The number of anilines is 3. The van der Waals surface area contributed by atoms with Gasteiger partial charge in [0, 0.05) is 27.7 Å². The number of rotatable bonds is 7. The Morgan fingerprint density at radius 1 is 0.362 bits per heavy atom. The Bertz CT molecular complexity index is 3040. The molecule has 0 amide bonds. The van der Waals surface area contributed by atoms with Crippen molar-refractivity contribution in [1.29, 1.82) is 0 Å². The van der Waals surface area contributed by atoms with Crippen LogP contribution in [0.25, 0.3) is 66.4 Å². The number of benzene rings is 9. The van der Waals surface area contributed by atoms with Crippen LogP contribution in [0.4, 0.5) is 17.1 Å². The fourth-order valence-corrected chi connectivity index (χ4v) is 9.30. The fourth-order valence-electron chi connectivity index (χ4n) is 9.30. The second-order valence-corrected chi connectivity index (χ2v) is 15.4. The first-order valence-electron chi connectivity index (χ1n) is 20.0. The Hall–Kier alpha value is -7.42. The molecule has 2 nitrogen and oxygen atoms in total. The van der Waals surface area contributed by atoms with Gasteiger partial charge >= 0.3 is 0 Å². The molecule has 58 heavy (non-hydrogen) atoms. The molecule has 10 aromatic rings. The zero-order valence-corrected chi connectivity index (χ0v) is 32.1. The highest BCUT2D eigenvalue weighted by atomic mass is 16.3. The molecule has 274 valence electrons. The van der Waals surface area contributed by atoms with Gasteiger partial charge in [0.25, 0.3) is 0 Å². The van der Waals surface area contributed by atoms with Crippen LogP contribution < -0.4 is 4.90 Å². The predicted molar refractivity (Wildman–Crippen MR) is 242 cm³/mol. The summed E-state index contributed by atoms with van der Waals surface area (Å²) in [4.78, 5) is 2.38. The van der Waals surface area contributed by atoms with Gasteiger partial charge in [0.05, 0.1) is 11.1 Å². The molecule has 0 saturated heterocycles. The van der Waals surface area contributed by atoms with E-state index in [9.17, 15) is 0 Å². The molecule has 0 aliphatic heterocycles. The van der Waals surface area contributed by atoms with Crippen LogP contribution in [0.1, 0.15) is 23.6 Å². The van der Waals surface area contributed by atoms with Crippen molar-refractivity contribution in [3.63, 3.8) is 0 Å². The first kappa shape index (κ1) is 33.9. The van der Waals surface area contributed by atoms with Crippen LogP contribution in [-0.2, 0) is 5.41 Å². The highest BCUT2D eigenvalue weighted by molar-refractivity contribution is 6.14. The second kappa shape index (κ2) is 13.7. The number of nitrogens with zero attached hydrogens (tertiary/aromatic N) is 1. The summed E-state index contributed by atoms with van der Waals surface area (Å²) in [7, 11) is 0. The molecule has 1 aliphatic rings. The molecule has 1 aliphatic carbocycles. The zero-order chi connectivity index (χ0) is 38.6. The van der Waals surface area contributed by atoms with Gasteiger partial charge in [-0.05, 0) is 99.0 Å². The van der Waals surface area contributed by atoms with Gasteiger partial charge in [0.2, 0.25) is 0 Å². The maximum atomic E-state index is 7.02. The molecule has 1 aromatic heterocycles. The SMILES string of the molecule is CC1(c2cccc3c2oc2cccc(N(c4ccc(-c5ccccc5)cc4)c4ccc(-c5ccc(-c6ccccc6)cc5)cc4)c23)c2ccccc2-c2ccccc21. The number of hydrogen-bond donors (Lipinski definition) is 0. The lowest BCUT2D eigenvalue weighted by molar-refractivity contribution is 0.638. The monoisotopic (exact) mass is 741 g/mol. The number of hydrogen-bond acceptors (Lipinski definition) is 2. The maximum Gasteiger partial charge on any atom is 0.139 e. The molecular formula is C56H39NO. The fraction of sp³-hybridized carbons (Fsp3) is 0.0357. The average Bonchev–Trinajstić information content (AvgIpc) is 3.81. The van der Waals surface area contributed by atoms with Crippen molar-refractivity contribution < 1.29 is 4.42 Å². The van der Waals surface area contributed by atoms with E-state index in [-0.39, 0.29) is 5.41 Å². The van der Waals surface area contributed by atoms with Crippen LogP contribution in [0.2, 0.25) is 0 Å². The summed E-state index contributed by atoms with van der Waals surface area (Å²) in [5, 5.41) is 2.20. The van der Waals surface area contributed by atoms with Crippen LogP contribution in [0.15, 0.2) is 223 Å². The van der Waals surface area contributed by atoms with Crippen LogP contribution in [0, 0.1) is 0 Å². The molecule has 0 atom stereocenters. The number of furan rings is 1. The summed E-state index contributed by atoms with van der Waals surface area (Å²) in [6, 6.07) is 78.7. The van der Waals surface area contributed by atoms with Crippen molar-refractivity contribution in [3.8, 4) is 44.5 Å². The van der Waals surface area contributed by atoms with Crippen LogP contribution >= 0.6 is 0 Å². The summed E-state index contributed by atoms with van der Waals surface area (Å²) in [6.45, 7) is 2.36. The van der Waals surface area contributed by atoms with E-state index in [4.69, 9.17) is 4.42 Å². The number of para-hydroxylation sites is 1. The Kier molecular flexibility index (Phi) is 7.97. The Balaban J connectivity index is 1.06. The third kappa shape index (κ3) is 5.41. The molecule has 0 N–H and O–H groups in total. The Morgan fingerprint density at radius 3 is 1.29 bits per heavy atom. The van der Waals surface area contributed by atoms with Gasteiger partial charge in [0.1, 0.15) is 11.2 Å². The number of fused-ring (bicyclic) bond motifs is 6. The first-order valence-corrected chi connectivity index (χ1v) is 20.0. The summed E-state index contributed by atoms with van der Waals surface area (Å²) in [5.74, 6) is 0. The normalized spacial score (nSPS) is 12.7. The van der Waals surface area contributed by atoms with Gasteiger partial charge in [-0.3, -0.25) is 0 Å². The lowest BCUT2D eigenvalue weighted by Crippen LogP contribution is -2.22. The predicted octanol–water partition coefficient (Wildman–Crippen LogP) is 15.4. The summed E-state index contributed by atoms with van der Waals surface area (Å²) < 4.78 is 7.02. The van der Waals surface area contributed by atoms with Crippen molar-refractivity contribution in [1.82, 2.24) is 0 Å². The van der Waals surface area contributed by atoms with Gasteiger partial charge < -0.3 is 9.32 Å². The standard InChI is InChI=1S/C56H39NO/c1-56(49-21-10-8-18-46(49)47-19-9-11-22-50(47)56)51-23-12-20-48-54-52(24-13-25-53(54)58-55(48)51)57(44-34-30-42(31-35-44)39-16-6-3-7-17-39)45-36-32-43(33-37-45)41-28-26-40(27-29-41)38-14-4-2-5-15-38/h2-37H,1H3. The Morgan fingerprint density at radius 2 is 0.776 bits per heavy atom. The van der Waals surface area contributed by atoms with Gasteiger partial charge in [-0.1, -0.05) is 182 Å². The minimum atomic E-state index is -0.386. The molecule has 1 heterocycles. The van der Waals surface area contributed by atoms with E-state index in [1.807, 2.05) is 0 Å². The van der Waals surface area contributed by atoms with Crippen molar-refractivity contribution in [2.24, 2.45) is 0 Å². The van der Waals surface area contributed by atoms with E-state index in [1.165, 1.54) is 61.2 Å². The first-order chi connectivity index (χ1) is 28.6. The molecule has 0 spiro atoms. The minimum absolute atomic E-state index is 0.386. The molecule has 0 fully saturated rings. The minimum Gasteiger partial charge on any atom is -0.456 e. The van der Waals surface area contributed by atoms with Crippen molar-refractivity contribution >= 4 is 39.0 Å². The van der Waals surface area contributed by atoms with Gasteiger partial charge in [-0.25, -0.2) is 0 Å². The highest BCUT2D eigenvalue weighted by Gasteiger charge is 2.42. The van der Waals surface area contributed by atoms with Gasteiger partial charge in [0.15, 0.2) is 0 Å². The quantitative estimate of drug-likeness (QED) is 0.162. The summed E-state index contributed by atoms with van der Waals surface area (Å²) in [6.07, 6.45) is 0. The second-order valence-electron chi connectivity index (χ2n) is 15.4. The van der Waals surface area contributed by atoms with E-state index in [0.717, 1.165) is 39.0 Å². The average molecular weight is 742 g/mol. The highest BCUT2D eigenvalue weighted by Crippen LogP contribution is 2.55. The molecule has 0 saturated carbocycles. The molecule has 0 radical (unpaired) electrons. The largest absolute Gasteiger partial charge is 0.456 e. The molecule has 0 unspecified atom stereocenters. The van der Waals surface area contributed by atoms with Gasteiger partial charge in [-0.2, -0.15) is 0 Å². The van der Waals surface area contributed by atoms with E-state index in [0.29, 0.717) is 0 Å². The van der Waals surface area contributed by atoms with Crippen LogP contribution in [-0.4, -0.2) is 0 Å². The van der Waals surface area contributed by atoms with Crippen molar-refractivity contribution in [3.05, 3.63) is 235 Å². The lowest BCUT2D eigenvalue weighted by Gasteiger charge is -2.28. The smallest absolute Gasteiger partial charge is 0.139 e. The third-order valence-electron chi connectivity index (χ3n) is 12.2. The topological polar surface area (TPSA) is 16.4 Å². The Labute approximate surface area is 338 Å². The third-order valence-corrected chi connectivity index (χ3v) is 12.2. The summed E-state index contributed by atoms with van der Waals surface area (Å²) >= 11 is 0. The molecule has 2 heteroatoms. The molecule has 0 bridgehead atoms. The summed E-state index contributed by atoms with van der Waals surface area (Å²) in [5.41, 5.74) is 18.1. The van der Waals surface area contributed by atoms with Crippen molar-refractivity contribution in [2.75, 3.05) is 4.90 Å². The molecular weight excluding hydrogens is 703 g/mol. The van der Waals surface area contributed by atoms with Gasteiger partial charge in [-0.15, -0.1) is 0 Å². The van der Waals surface area contributed by atoms with Crippen LogP contribution in [0.3, 0.4) is 0 Å².